The van der Waals surface area contributed by atoms with Crippen molar-refractivity contribution in [2.45, 2.75) is 51.1 Å². The van der Waals surface area contributed by atoms with E-state index in [1.807, 2.05) is 0 Å². The Morgan fingerprint density at radius 1 is 1.19 bits per heavy atom. The first-order valence-corrected chi connectivity index (χ1v) is 7.06. The van der Waals surface area contributed by atoms with Crippen molar-refractivity contribution in [3.63, 3.8) is 0 Å². The van der Waals surface area contributed by atoms with Gasteiger partial charge in [0.15, 0.2) is 0 Å². The van der Waals surface area contributed by atoms with Crippen molar-refractivity contribution in [3.05, 3.63) is 0 Å². The predicted molar refractivity (Wildman–Crippen MR) is 57.7 cm³/mol. The topological polar surface area (TPSA) is 63.7 Å². The lowest BCUT2D eigenvalue weighted by Crippen LogP contribution is -2.41. The molecule has 92 valence electrons. The van der Waals surface area contributed by atoms with Crippen LogP contribution in [0, 0.1) is 5.92 Å². The van der Waals surface area contributed by atoms with E-state index in [0.29, 0.717) is 5.92 Å². The van der Waals surface area contributed by atoms with Crippen molar-refractivity contribution in [3.8, 4) is 0 Å². The Morgan fingerprint density at radius 3 is 2.25 bits per heavy atom. The van der Waals surface area contributed by atoms with Crippen LogP contribution < -0.4 is 0 Å². The molecule has 5 nitrogen and oxygen atoms in total. The van der Waals surface area contributed by atoms with Gasteiger partial charge < -0.3 is 4.18 Å². The molecule has 0 heterocycles. The first-order valence-electron chi connectivity index (χ1n) is 5.70. The number of hydrogen-bond acceptors (Lipinski definition) is 4. The zero-order chi connectivity index (χ0) is 11.8. The van der Waals surface area contributed by atoms with Gasteiger partial charge in [-0.1, -0.05) is 6.92 Å². The Morgan fingerprint density at radius 2 is 1.81 bits per heavy atom. The highest BCUT2D eigenvalue weighted by molar-refractivity contribution is 7.84. The molecular weight excluding hydrogens is 230 g/mol. The van der Waals surface area contributed by atoms with Gasteiger partial charge in [0, 0.05) is 12.1 Å². The molecule has 0 amide bonds. The molecule has 2 atom stereocenters. The minimum atomic E-state index is -3.85. The second-order valence-electron chi connectivity index (χ2n) is 4.78. The zero-order valence-corrected chi connectivity index (χ0v) is 10.1. The summed E-state index contributed by atoms with van der Waals surface area (Å²) in [6.45, 7) is 2.13. The van der Waals surface area contributed by atoms with Gasteiger partial charge >= 0.3 is 16.8 Å². The SMILES string of the molecule is CC1CCC(N(C2CC2)S(=O)(=O)OC=O)C1. The molecule has 0 aromatic heterocycles. The van der Waals surface area contributed by atoms with E-state index in [0.717, 1.165) is 32.1 Å². The molecule has 0 aromatic rings. The Hall–Kier alpha value is -0.620. The summed E-state index contributed by atoms with van der Waals surface area (Å²) in [7, 11) is -3.85. The zero-order valence-electron chi connectivity index (χ0n) is 9.33. The Kier molecular flexibility index (Phi) is 3.21. The monoisotopic (exact) mass is 247 g/mol. The molecule has 0 saturated heterocycles. The summed E-state index contributed by atoms with van der Waals surface area (Å²) in [6, 6.07) is 0.0766. The highest BCUT2D eigenvalue weighted by Gasteiger charge is 2.44. The van der Waals surface area contributed by atoms with Gasteiger partial charge in [-0.3, -0.25) is 4.79 Å². The van der Waals surface area contributed by atoms with Gasteiger partial charge in [-0.05, 0) is 38.0 Å². The third-order valence-electron chi connectivity index (χ3n) is 3.35. The average Bonchev–Trinajstić information content (AvgIpc) is 2.90. The van der Waals surface area contributed by atoms with Crippen molar-refractivity contribution < 1.29 is 17.4 Å². The van der Waals surface area contributed by atoms with Crippen LogP contribution in [0.4, 0.5) is 0 Å². The number of carbonyl (C=O) groups is 1. The van der Waals surface area contributed by atoms with Crippen molar-refractivity contribution in [2.24, 2.45) is 5.92 Å². The first-order chi connectivity index (χ1) is 7.54. The molecule has 0 spiro atoms. The van der Waals surface area contributed by atoms with Gasteiger partial charge in [-0.15, -0.1) is 0 Å². The normalized spacial score (nSPS) is 30.6. The van der Waals surface area contributed by atoms with Gasteiger partial charge in [0.05, 0.1) is 0 Å². The van der Waals surface area contributed by atoms with Crippen molar-refractivity contribution in [1.82, 2.24) is 4.31 Å². The molecule has 2 aliphatic carbocycles. The van der Waals surface area contributed by atoms with Gasteiger partial charge in [0.2, 0.25) is 0 Å². The van der Waals surface area contributed by atoms with Gasteiger partial charge in [0.25, 0.3) is 0 Å². The van der Waals surface area contributed by atoms with Crippen molar-refractivity contribution in [2.75, 3.05) is 0 Å². The second-order valence-corrected chi connectivity index (χ2v) is 6.25. The summed E-state index contributed by atoms with van der Waals surface area (Å²) in [4.78, 5) is 10.2. The largest absolute Gasteiger partial charge is 0.387 e. The summed E-state index contributed by atoms with van der Waals surface area (Å²) in [5.41, 5.74) is 0. The number of hydrogen-bond donors (Lipinski definition) is 0. The van der Waals surface area contributed by atoms with E-state index in [1.165, 1.54) is 4.31 Å². The molecule has 0 N–H and O–H groups in total. The molecule has 0 aliphatic heterocycles. The van der Waals surface area contributed by atoms with Crippen LogP contribution >= 0.6 is 0 Å². The van der Waals surface area contributed by atoms with E-state index in [1.54, 1.807) is 0 Å². The van der Waals surface area contributed by atoms with E-state index in [4.69, 9.17) is 0 Å². The van der Waals surface area contributed by atoms with E-state index in [9.17, 15) is 13.2 Å². The van der Waals surface area contributed by atoms with Crippen LogP contribution in [0.15, 0.2) is 0 Å². The maximum Gasteiger partial charge on any atom is 0.387 e. The van der Waals surface area contributed by atoms with Crippen LogP contribution in [0.3, 0.4) is 0 Å². The first kappa shape index (κ1) is 11.9. The molecule has 0 aromatic carbocycles. The minimum Gasteiger partial charge on any atom is -0.337 e. The Bertz CT molecular complexity index is 363. The molecule has 2 unspecified atom stereocenters. The quantitative estimate of drug-likeness (QED) is 0.681. The fraction of sp³-hybridized carbons (Fsp3) is 0.900. The highest BCUT2D eigenvalue weighted by Crippen LogP contribution is 2.38. The Labute approximate surface area is 96.0 Å². The third-order valence-corrected chi connectivity index (χ3v) is 4.79. The summed E-state index contributed by atoms with van der Waals surface area (Å²) in [5, 5.41) is 0. The lowest BCUT2D eigenvalue weighted by atomic mass is 10.1. The van der Waals surface area contributed by atoms with Crippen LogP contribution in [0.5, 0.6) is 0 Å². The summed E-state index contributed by atoms with van der Waals surface area (Å²) >= 11 is 0. The summed E-state index contributed by atoms with van der Waals surface area (Å²) in [6.07, 6.45) is 4.56. The molecule has 0 bridgehead atoms. The average molecular weight is 247 g/mol. The van der Waals surface area contributed by atoms with Gasteiger partial charge in [0.1, 0.15) is 0 Å². The maximum atomic E-state index is 11.8. The van der Waals surface area contributed by atoms with Crippen LogP contribution in [0.1, 0.15) is 39.0 Å². The van der Waals surface area contributed by atoms with Crippen molar-refractivity contribution >= 4 is 16.8 Å². The van der Waals surface area contributed by atoms with Gasteiger partial charge in [-0.2, -0.15) is 12.7 Å². The number of carbonyl (C=O) groups excluding carboxylic acids is 1. The molecule has 6 heteroatoms. The van der Waals surface area contributed by atoms with E-state index >= 15 is 0 Å². The highest BCUT2D eigenvalue weighted by atomic mass is 32.2. The second kappa shape index (κ2) is 4.33. The van der Waals surface area contributed by atoms with Crippen LogP contribution in [-0.2, 0) is 19.3 Å². The maximum absolute atomic E-state index is 11.8. The van der Waals surface area contributed by atoms with Gasteiger partial charge in [-0.25, -0.2) is 0 Å². The van der Waals surface area contributed by atoms with Crippen molar-refractivity contribution in [1.29, 1.82) is 0 Å². The molecule has 0 radical (unpaired) electrons. The minimum absolute atomic E-state index is 0.00307. The number of nitrogens with zero attached hydrogens (tertiary/aromatic N) is 1. The molecule has 2 aliphatic rings. The lowest BCUT2D eigenvalue weighted by molar-refractivity contribution is -0.120. The smallest absolute Gasteiger partial charge is 0.337 e. The predicted octanol–water partition coefficient (Wildman–Crippen LogP) is 1.06. The third kappa shape index (κ3) is 2.38. The molecule has 2 fully saturated rings. The molecule has 16 heavy (non-hydrogen) atoms. The summed E-state index contributed by atoms with van der Waals surface area (Å²) in [5.74, 6) is 0.553. The summed E-state index contributed by atoms with van der Waals surface area (Å²) < 4.78 is 29.2. The van der Waals surface area contributed by atoms with E-state index in [-0.39, 0.29) is 18.6 Å². The van der Waals surface area contributed by atoms with Crippen LogP contribution in [0.2, 0.25) is 0 Å². The fourth-order valence-electron chi connectivity index (χ4n) is 2.50. The molecular formula is C10H17NO4S. The molecule has 2 saturated carbocycles. The number of rotatable bonds is 5. The standard InChI is InChI=1S/C10H17NO4S/c1-8-2-3-10(6-8)11(9-4-5-9)16(13,14)15-7-12/h7-10H,2-6H2,1H3. The van der Waals surface area contributed by atoms with Crippen LogP contribution in [0.25, 0.3) is 0 Å². The lowest BCUT2D eigenvalue weighted by Gasteiger charge is -2.25. The van der Waals surface area contributed by atoms with Crippen LogP contribution in [-0.4, -0.2) is 31.3 Å². The Balaban J connectivity index is 2.14. The van der Waals surface area contributed by atoms with E-state index < -0.39 is 10.3 Å². The molecule has 2 rings (SSSR count). The fourth-order valence-corrected chi connectivity index (χ4v) is 3.83. The van der Waals surface area contributed by atoms with E-state index in [2.05, 4.69) is 11.1 Å².